The van der Waals surface area contributed by atoms with Crippen LogP contribution in [-0.2, 0) is 4.74 Å². The minimum Gasteiger partial charge on any atom is -0.478 e. The monoisotopic (exact) mass is 391 g/mol. The van der Waals surface area contributed by atoms with Gasteiger partial charge in [0.15, 0.2) is 0 Å². The van der Waals surface area contributed by atoms with E-state index in [0.717, 1.165) is 31.6 Å². The van der Waals surface area contributed by atoms with Gasteiger partial charge in [0.25, 0.3) is 0 Å². The maximum atomic E-state index is 7.85. The molecular formula is C16H14IN3O. The Morgan fingerprint density at radius 3 is 2.86 bits per heavy atom. The van der Waals surface area contributed by atoms with Crippen molar-refractivity contribution in [3.63, 3.8) is 0 Å². The number of benzene rings is 2. The van der Waals surface area contributed by atoms with Crippen LogP contribution in [0, 0.1) is 8.98 Å². The first-order valence-electron chi connectivity index (χ1n) is 6.65. The zero-order chi connectivity index (χ0) is 14.8. The van der Waals surface area contributed by atoms with Crippen LogP contribution in [0.15, 0.2) is 42.5 Å². The highest BCUT2D eigenvalue weighted by Crippen LogP contribution is 2.25. The summed E-state index contributed by atoms with van der Waals surface area (Å²) in [4.78, 5) is 7.94. The molecule has 2 N–H and O–H groups in total. The van der Waals surface area contributed by atoms with Crippen LogP contribution in [0.25, 0.3) is 22.4 Å². The smallest absolute Gasteiger partial charge is 0.213 e. The number of halogens is 1. The van der Waals surface area contributed by atoms with E-state index >= 15 is 0 Å². The first-order valence-corrected chi connectivity index (χ1v) is 7.73. The van der Waals surface area contributed by atoms with Crippen LogP contribution >= 0.6 is 22.6 Å². The molecule has 3 rings (SSSR count). The summed E-state index contributed by atoms with van der Waals surface area (Å²) in [5, 5.41) is 7.85. The van der Waals surface area contributed by atoms with E-state index in [1.807, 2.05) is 43.3 Å². The van der Waals surface area contributed by atoms with Crippen LogP contribution in [-0.4, -0.2) is 22.5 Å². The van der Waals surface area contributed by atoms with Gasteiger partial charge in [-0.3, -0.25) is 5.41 Å². The standard InChI is InChI=1S/C16H14IN3O/c1-2-21-15(18)10-7-8-13-14(9-10)20-16(19-13)11-5-3-4-6-12(11)17/h3-9,18H,2H2,1H3,(H,19,20). The predicted octanol–water partition coefficient (Wildman–Crippen LogP) is 4.20. The molecule has 0 unspecified atom stereocenters. The Kier molecular flexibility index (Phi) is 3.92. The van der Waals surface area contributed by atoms with Gasteiger partial charge in [-0.05, 0) is 53.8 Å². The van der Waals surface area contributed by atoms with Crippen LogP contribution in [0.1, 0.15) is 12.5 Å². The van der Waals surface area contributed by atoms with Gasteiger partial charge < -0.3 is 9.72 Å². The molecule has 0 spiro atoms. The minimum atomic E-state index is 0.185. The van der Waals surface area contributed by atoms with Crippen molar-refractivity contribution in [2.75, 3.05) is 6.61 Å². The zero-order valence-corrected chi connectivity index (χ0v) is 13.6. The molecule has 3 aromatic rings. The number of ether oxygens (including phenoxy) is 1. The van der Waals surface area contributed by atoms with E-state index in [9.17, 15) is 0 Å². The average molecular weight is 391 g/mol. The summed E-state index contributed by atoms with van der Waals surface area (Å²) in [5.74, 6) is 1.03. The van der Waals surface area contributed by atoms with Crippen molar-refractivity contribution in [3.8, 4) is 11.4 Å². The van der Waals surface area contributed by atoms with E-state index in [1.165, 1.54) is 0 Å². The number of nitrogens with zero attached hydrogens (tertiary/aromatic N) is 1. The Bertz CT molecular complexity index is 810. The second-order valence-electron chi connectivity index (χ2n) is 4.56. The number of hydrogen-bond donors (Lipinski definition) is 2. The molecule has 0 saturated carbocycles. The van der Waals surface area contributed by atoms with Gasteiger partial charge in [0.1, 0.15) is 5.82 Å². The summed E-state index contributed by atoms with van der Waals surface area (Å²) < 4.78 is 6.38. The first kappa shape index (κ1) is 14.1. The molecule has 0 saturated heterocycles. The van der Waals surface area contributed by atoms with Gasteiger partial charge in [-0.15, -0.1) is 0 Å². The fourth-order valence-corrected chi connectivity index (χ4v) is 2.80. The molecule has 5 heteroatoms. The summed E-state index contributed by atoms with van der Waals surface area (Å²) in [5.41, 5.74) is 3.63. The summed E-state index contributed by atoms with van der Waals surface area (Å²) in [6, 6.07) is 13.8. The predicted molar refractivity (Wildman–Crippen MR) is 92.7 cm³/mol. The number of aromatic nitrogens is 2. The molecule has 4 nitrogen and oxygen atoms in total. The Morgan fingerprint density at radius 1 is 1.29 bits per heavy atom. The van der Waals surface area contributed by atoms with Gasteiger partial charge in [0.05, 0.1) is 17.6 Å². The largest absolute Gasteiger partial charge is 0.478 e. The highest BCUT2D eigenvalue weighted by molar-refractivity contribution is 14.1. The normalized spacial score (nSPS) is 10.8. The van der Waals surface area contributed by atoms with Gasteiger partial charge >= 0.3 is 0 Å². The van der Waals surface area contributed by atoms with E-state index in [-0.39, 0.29) is 5.90 Å². The number of aromatic amines is 1. The van der Waals surface area contributed by atoms with Gasteiger partial charge in [0.2, 0.25) is 5.90 Å². The van der Waals surface area contributed by atoms with Crippen LogP contribution < -0.4 is 0 Å². The molecule has 1 heterocycles. The van der Waals surface area contributed by atoms with E-state index in [0.29, 0.717) is 6.61 Å². The Labute approximate surface area is 136 Å². The van der Waals surface area contributed by atoms with Gasteiger partial charge in [-0.1, -0.05) is 18.2 Å². The lowest BCUT2D eigenvalue weighted by Gasteiger charge is -2.03. The Morgan fingerprint density at radius 2 is 2.10 bits per heavy atom. The van der Waals surface area contributed by atoms with Crippen molar-refractivity contribution in [3.05, 3.63) is 51.6 Å². The lowest BCUT2D eigenvalue weighted by atomic mass is 10.2. The third kappa shape index (κ3) is 2.78. The highest BCUT2D eigenvalue weighted by Gasteiger charge is 2.10. The number of imidazole rings is 1. The molecule has 0 radical (unpaired) electrons. The molecule has 2 aromatic carbocycles. The number of hydrogen-bond acceptors (Lipinski definition) is 3. The second kappa shape index (κ2) is 5.85. The number of H-pyrrole nitrogens is 1. The fourth-order valence-electron chi connectivity index (χ4n) is 2.16. The van der Waals surface area contributed by atoms with Gasteiger partial charge in [0, 0.05) is 14.7 Å². The van der Waals surface area contributed by atoms with Crippen molar-refractivity contribution in [2.24, 2.45) is 0 Å². The molecule has 1 aromatic heterocycles. The number of rotatable bonds is 3. The molecule has 0 aliphatic carbocycles. The molecule has 0 aliphatic rings. The number of nitrogens with one attached hydrogen (secondary N) is 2. The Balaban J connectivity index is 2.05. The second-order valence-corrected chi connectivity index (χ2v) is 5.72. The lowest BCUT2D eigenvalue weighted by Crippen LogP contribution is -2.04. The third-order valence-corrected chi connectivity index (χ3v) is 4.10. The van der Waals surface area contributed by atoms with E-state index in [1.54, 1.807) is 0 Å². The summed E-state index contributed by atoms with van der Waals surface area (Å²) in [7, 11) is 0. The minimum absolute atomic E-state index is 0.185. The van der Waals surface area contributed by atoms with Crippen molar-refractivity contribution in [1.29, 1.82) is 5.41 Å². The quantitative estimate of drug-likeness (QED) is 0.400. The van der Waals surface area contributed by atoms with Gasteiger partial charge in [-0.2, -0.15) is 0 Å². The molecule has 0 fully saturated rings. The van der Waals surface area contributed by atoms with Crippen molar-refractivity contribution >= 4 is 39.5 Å². The third-order valence-electron chi connectivity index (χ3n) is 3.16. The maximum Gasteiger partial charge on any atom is 0.213 e. The molecule has 0 amide bonds. The molecule has 106 valence electrons. The van der Waals surface area contributed by atoms with Crippen LogP contribution in [0.4, 0.5) is 0 Å². The van der Waals surface area contributed by atoms with Crippen LogP contribution in [0.2, 0.25) is 0 Å². The highest BCUT2D eigenvalue weighted by atomic mass is 127. The van der Waals surface area contributed by atoms with Crippen LogP contribution in [0.3, 0.4) is 0 Å². The fraction of sp³-hybridized carbons (Fsp3) is 0.125. The molecule has 0 bridgehead atoms. The van der Waals surface area contributed by atoms with Crippen molar-refractivity contribution < 1.29 is 4.74 Å². The van der Waals surface area contributed by atoms with E-state index < -0.39 is 0 Å². The molecule has 21 heavy (non-hydrogen) atoms. The summed E-state index contributed by atoms with van der Waals surface area (Å²) >= 11 is 2.30. The topological polar surface area (TPSA) is 61.8 Å². The molecule has 0 aliphatic heterocycles. The van der Waals surface area contributed by atoms with Crippen molar-refractivity contribution in [1.82, 2.24) is 9.97 Å². The van der Waals surface area contributed by atoms with E-state index in [2.05, 4.69) is 38.6 Å². The van der Waals surface area contributed by atoms with Crippen LogP contribution in [0.5, 0.6) is 0 Å². The summed E-state index contributed by atoms with van der Waals surface area (Å²) in [6.07, 6.45) is 0. The molecule has 0 atom stereocenters. The molecular weight excluding hydrogens is 377 g/mol. The number of fused-ring (bicyclic) bond motifs is 1. The Hall–Kier alpha value is -1.89. The average Bonchev–Trinajstić information content (AvgIpc) is 2.90. The van der Waals surface area contributed by atoms with E-state index in [4.69, 9.17) is 10.1 Å². The summed E-state index contributed by atoms with van der Waals surface area (Å²) in [6.45, 7) is 2.37. The van der Waals surface area contributed by atoms with Crippen molar-refractivity contribution in [2.45, 2.75) is 6.92 Å². The first-order chi connectivity index (χ1) is 10.2. The SMILES string of the molecule is CCOC(=N)c1ccc2nc(-c3ccccc3I)[nH]c2c1. The lowest BCUT2D eigenvalue weighted by molar-refractivity contribution is 0.325. The maximum absolute atomic E-state index is 7.85. The zero-order valence-electron chi connectivity index (χ0n) is 11.5. The van der Waals surface area contributed by atoms with Gasteiger partial charge in [-0.25, -0.2) is 4.98 Å².